The molecule has 7 nitrogen and oxygen atoms in total. The quantitative estimate of drug-likeness (QED) is 0.268. The summed E-state index contributed by atoms with van der Waals surface area (Å²) >= 11 is 12.5. The maximum atomic E-state index is 15.0. The molecule has 252 valence electrons. The molecule has 0 saturated carbocycles. The molecule has 0 spiro atoms. The van der Waals surface area contributed by atoms with Gasteiger partial charge in [0.25, 0.3) is 5.91 Å². The molecule has 12 heteroatoms. The second-order valence-corrected chi connectivity index (χ2v) is 13.3. The van der Waals surface area contributed by atoms with E-state index in [1.165, 1.54) is 18.9 Å². The van der Waals surface area contributed by atoms with Gasteiger partial charge in [-0.05, 0) is 80.4 Å². The minimum Gasteiger partial charge on any atom is -0.493 e. The second kappa shape index (κ2) is 14.3. The Balaban J connectivity index is 1.39. The Kier molecular flexibility index (Phi) is 10.4. The second-order valence-electron chi connectivity index (χ2n) is 12.4. The molecule has 6 rings (SSSR count). The highest BCUT2D eigenvalue weighted by molar-refractivity contribution is 6.30. The molecule has 3 saturated heterocycles. The van der Waals surface area contributed by atoms with Gasteiger partial charge < -0.3 is 14.5 Å². The van der Waals surface area contributed by atoms with Crippen molar-refractivity contribution in [1.82, 2.24) is 25.3 Å². The average Bonchev–Trinajstić information content (AvgIpc) is 3.74. The van der Waals surface area contributed by atoms with Crippen LogP contribution in [0.15, 0.2) is 66.7 Å². The highest BCUT2D eigenvalue weighted by atomic mass is 35.5. The van der Waals surface area contributed by atoms with Crippen LogP contribution in [0.4, 0.5) is 13.2 Å². The fourth-order valence-electron chi connectivity index (χ4n) is 6.95. The number of amides is 1. The molecule has 3 aliphatic rings. The molecule has 3 aliphatic heterocycles. The largest absolute Gasteiger partial charge is 0.493 e. The summed E-state index contributed by atoms with van der Waals surface area (Å²) in [6, 6.07) is 17.1. The van der Waals surface area contributed by atoms with Gasteiger partial charge in [0.05, 0.1) is 24.3 Å². The van der Waals surface area contributed by atoms with Crippen LogP contribution in [0.1, 0.15) is 54.1 Å². The van der Waals surface area contributed by atoms with E-state index in [4.69, 9.17) is 27.9 Å². The normalized spacial score (nSPS) is 24.2. The number of carbonyl (C=O) groups is 1. The van der Waals surface area contributed by atoms with E-state index >= 15 is 0 Å². The fourth-order valence-corrected chi connectivity index (χ4v) is 7.20. The van der Waals surface area contributed by atoms with Gasteiger partial charge in [-0.25, -0.2) is 0 Å². The Morgan fingerprint density at radius 1 is 0.809 bits per heavy atom. The molecule has 2 atom stereocenters. The van der Waals surface area contributed by atoms with E-state index in [1.54, 1.807) is 31.2 Å². The molecule has 47 heavy (non-hydrogen) atoms. The summed E-state index contributed by atoms with van der Waals surface area (Å²) in [6.45, 7) is 8.46. The van der Waals surface area contributed by atoms with Crippen molar-refractivity contribution in [3.63, 3.8) is 0 Å². The number of rotatable bonds is 9. The number of nitrogens with zero attached hydrogens (tertiary/aromatic N) is 3. The van der Waals surface area contributed by atoms with E-state index in [1.807, 2.05) is 29.2 Å². The standard InChI is InChI=1S/C35H40Cl2F3N5O2/c1-2-47-30-23-26(35(38,39)40)9-14-29(30)34(33(46)45-21-19-44(20-22-45)18-17-43-15-3-4-16-43)41-31(24-5-10-27(36)11-6-24)32(42-34)25-7-12-28(37)13-8-25/h5-14,23,31-32,41-42H,2-4,15-22H2,1H3. The smallest absolute Gasteiger partial charge is 0.416 e. The summed E-state index contributed by atoms with van der Waals surface area (Å²) in [4.78, 5) is 21.6. The molecule has 3 heterocycles. The van der Waals surface area contributed by atoms with Crippen molar-refractivity contribution in [2.24, 2.45) is 0 Å². The van der Waals surface area contributed by atoms with Gasteiger partial charge >= 0.3 is 6.18 Å². The topological polar surface area (TPSA) is 60.1 Å². The van der Waals surface area contributed by atoms with Crippen LogP contribution < -0.4 is 15.4 Å². The third kappa shape index (κ3) is 7.43. The molecule has 0 aliphatic carbocycles. The third-order valence-electron chi connectivity index (χ3n) is 9.46. The first-order valence-electron chi connectivity index (χ1n) is 16.2. The van der Waals surface area contributed by atoms with E-state index in [9.17, 15) is 18.0 Å². The number of ether oxygens (including phenoxy) is 1. The lowest BCUT2D eigenvalue weighted by atomic mass is 9.94. The van der Waals surface area contributed by atoms with Gasteiger partial charge in [0.15, 0.2) is 5.66 Å². The molecule has 2 N–H and O–H groups in total. The number of benzene rings is 3. The number of piperazine rings is 1. The summed E-state index contributed by atoms with van der Waals surface area (Å²) < 4.78 is 47.6. The number of halogens is 5. The summed E-state index contributed by atoms with van der Waals surface area (Å²) in [5, 5.41) is 8.30. The number of alkyl halides is 3. The molecule has 1 amide bonds. The first-order chi connectivity index (χ1) is 22.6. The predicted molar refractivity (Wildman–Crippen MR) is 178 cm³/mol. The lowest BCUT2D eigenvalue weighted by Gasteiger charge is -2.41. The summed E-state index contributed by atoms with van der Waals surface area (Å²) in [7, 11) is 0. The van der Waals surface area contributed by atoms with Crippen molar-refractivity contribution < 1.29 is 22.7 Å². The zero-order valence-corrected chi connectivity index (χ0v) is 27.8. The van der Waals surface area contributed by atoms with Gasteiger partial charge in [0.1, 0.15) is 5.75 Å². The Bertz CT molecular complexity index is 1470. The number of likely N-dealkylation sites (tertiary alicyclic amines) is 1. The average molecular weight is 691 g/mol. The number of carbonyl (C=O) groups excluding carboxylic acids is 1. The van der Waals surface area contributed by atoms with Crippen molar-refractivity contribution in [3.05, 3.63) is 99.0 Å². The van der Waals surface area contributed by atoms with Crippen LogP contribution in [0.2, 0.25) is 10.0 Å². The van der Waals surface area contributed by atoms with Crippen molar-refractivity contribution >= 4 is 29.1 Å². The predicted octanol–water partition coefficient (Wildman–Crippen LogP) is 6.48. The van der Waals surface area contributed by atoms with Crippen LogP contribution in [0.25, 0.3) is 0 Å². The molecule has 3 aromatic carbocycles. The van der Waals surface area contributed by atoms with Gasteiger partial charge in [0, 0.05) is 54.9 Å². The Morgan fingerprint density at radius 3 is 1.81 bits per heavy atom. The number of hydrogen-bond acceptors (Lipinski definition) is 6. The van der Waals surface area contributed by atoms with Gasteiger partial charge in [-0.2, -0.15) is 13.2 Å². The van der Waals surface area contributed by atoms with E-state index in [0.717, 1.165) is 49.4 Å². The van der Waals surface area contributed by atoms with Crippen molar-refractivity contribution in [1.29, 1.82) is 0 Å². The Hall–Kier alpha value is -2.86. The summed E-state index contributed by atoms with van der Waals surface area (Å²) in [6.07, 6.45) is -2.10. The van der Waals surface area contributed by atoms with Gasteiger partial charge in [-0.15, -0.1) is 0 Å². The highest BCUT2D eigenvalue weighted by Crippen LogP contribution is 2.46. The lowest BCUT2D eigenvalue weighted by Crippen LogP contribution is -2.62. The fraction of sp³-hybridized carbons (Fsp3) is 0.457. The van der Waals surface area contributed by atoms with Crippen molar-refractivity contribution in [2.45, 2.75) is 43.7 Å². The summed E-state index contributed by atoms with van der Waals surface area (Å²) in [5.74, 6) is -0.278. The lowest BCUT2D eigenvalue weighted by molar-refractivity contribution is -0.141. The molecule has 3 aromatic rings. The molecular formula is C35H40Cl2F3N5O2. The van der Waals surface area contributed by atoms with E-state index < -0.39 is 29.5 Å². The van der Waals surface area contributed by atoms with Crippen LogP contribution in [-0.4, -0.2) is 79.6 Å². The monoisotopic (exact) mass is 689 g/mol. The van der Waals surface area contributed by atoms with E-state index in [2.05, 4.69) is 20.4 Å². The SMILES string of the molecule is CCOc1cc(C(F)(F)F)ccc1C1(C(=O)N2CCN(CCN3CCCC3)CC2)NC(c2ccc(Cl)cc2)C(c2ccc(Cl)cc2)N1. The van der Waals surface area contributed by atoms with Crippen LogP contribution in [-0.2, 0) is 16.6 Å². The van der Waals surface area contributed by atoms with Gasteiger partial charge in [0.2, 0.25) is 0 Å². The molecule has 0 radical (unpaired) electrons. The number of nitrogens with one attached hydrogen (secondary N) is 2. The van der Waals surface area contributed by atoms with Crippen molar-refractivity contribution in [2.75, 3.05) is 59.0 Å². The first-order valence-corrected chi connectivity index (χ1v) is 17.0. The Labute approximate surface area is 283 Å². The maximum Gasteiger partial charge on any atom is 0.416 e. The molecular weight excluding hydrogens is 650 g/mol. The van der Waals surface area contributed by atoms with E-state index in [0.29, 0.717) is 41.8 Å². The molecule has 0 aromatic heterocycles. The van der Waals surface area contributed by atoms with Crippen LogP contribution in [0, 0.1) is 0 Å². The molecule has 2 unspecified atom stereocenters. The molecule has 0 bridgehead atoms. The first kappa shape index (κ1) is 34.0. The third-order valence-corrected chi connectivity index (χ3v) is 9.96. The minimum absolute atomic E-state index is 0.00784. The zero-order chi connectivity index (χ0) is 33.2. The van der Waals surface area contributed by atoms with E-state index in [-0.39, 0.29) is 18.3 Å². The van der Waals surface area contributed by atoms with Gasteiger partial charge in [-0.1, -0.05) is 53.5 Å². The molecule has 3 fully saturated rings. The van der Waals surface area contributed by atoms with Crippen LogP contribution in [0.5, 0.6) is 5.75 Å². The maximum absolute atomic E-state index is 15.0. The van der Waals surface area contributed by atoms with Crippen LogP contribution in [0.3, 0.4) is 0 Å². The zero-order valence-electron chi connectivity index (χ0n) is 26.3. The summed E-state index contributed by atoms with van der Waals surface area (Å²) in [5.41, 5.74) is -0.452. The number of hydrogen-bond donors (Lipinski definition) is 2. The minimum atomic E-state index is -4.58. The van der Waals surface area contributed by atoms with Crippen LogP contribution >= 0.6 is 23.2 Å². The van der Waals surface area contributed by atoms with Gasteiger partial charge in [-0.3, -0.25) is 20.3 Å². The Morgan fingerprint density at radius 2 is 1.32 bits per heavy atom. The van der Waals surface area contributed by atoms with Crippen molar-refractivity contribution in [3.8, 4) is 5.75 Å². The highest BCUT2D eigenvalue weighted by Gasteiger charge is 2.54.